The van der Waals surface area contributed by atoms with Crippen LogP contribution in [0.25, 0.3) is 0 Å². The second-order valence-corrected chi connectivity index (χ2v) is 5.69. The van der Waals surface area contributed by atoms with E-state index in [2.05, 4.69) is 22.4 Å². The normalized spacial score (nSPS) is 26.6. The zero-order valence-electron chi connectivity index (χ0n) is 11.0. The van der Waals surface area contributed by atoms with E-state index < -0.39 is 0 Å². The minimum Gasteiger partial charge on any atom is -0.360 e. The van der Waals surface area contributed by atoms with E-state index in [1.807, 2.05) is 12.2 Å². The third-order valence-corrected chi connectivity index (χ3v) is 4.32. The van der Waals surface area contributed by atoms with E-state index >= 15 is 0 Å². The van der Waals surface area contributed by atoms with Crippen LogP contribution in [0.1, 0.15) is 19.3 Å². The van der Waals surface area contributed by atoms with Gasteiger partial charge < -0.3 is 16.0 Å². The number of allylic oxidation sites excluding steroid dienone is 2. The molecule has 102 valence electrons. The lowest BCUT2D eigenvalue weighted by Gasteiger charge is -2.38. The van der Waals surface area contributed by atoms with Gasteiger partial charge in [-0.25, -0.2) is 0 Å². The second kappa shape index (κ2) is 5.43. The van der Waals surface area contributed by atoms with Crippen LogP contribution in [0.3, 0.4) is 0 Å². The van der Waals surface area contributed by atoms with Crippen LogP contribution in [0.4, 0.5) is 0 Å². The van der Waals surface area contributed by atoms with Gasteiger partial charge in [0.15, 0.2) is 0 Å². The summed E-state index contributed by atoms with van der Waals surface area (Å²) in [4.78, 5) is 2.42. The maximum Gasteiger partial charge on any atom is 0.107 e. The van der Waals surface area contributed by atoms with Gasteiger partial charge in [0, 0.05) is 30.2 Å². The summed E-state index contributed by atoms with van der Waals surface area (Å²) in [5.74, 6) is 1.18. The lowest BCUT2D eigenvalue weighted by Crippen LogP contribution is -2.44. The Labute approximate surface area is 119 Å². The van der Waals surface area contributed by atoms with Gasteiger partial charge in [-0.3, -0.25) is 0 Å². The van der Waals surface area contributed by atoms with E-state index in [0.717, 1.165) is 18.1 Å². The molecule has 1 saturated heterocycles. The van der Waals surface area contributed by atoms with Gasteiger partial charge in [-0.15, -0.1) is 0 Å². The minimum atomic E-state index is 0.0962. The first kappa shape index (κ1) is 12.8. The molecule has 2 heterocycles. The van der Waals surface area contributed by atoms with Crippen molar-refractivity contribution in [1.82, 2.24) is 10.2 Å². The van der Waals surface area contributed by atoms with Crippen LogP contribution in [-0.2, 0) is 0 Å². The van der Waals surface area contributed by atoms with Gasteiger partial charge in [-0.2, -0.15) is 0 Å². The number of dihydropyridines is 1. The third-order valence-electron chi connectivity index (χ3n) is 3.97. The molecule has 2 aliphatic heterocycles. The highest BCUT2D eigenvalue weighted by atomic mass is 35.5. The van der Waals surface area contributed by atoms with Gasteiger partial charge in [0.1, 0.15) is 5.82 Å². The first-order chi connectivity index (χ1) is 9.29. The number of hydrogen-bond acceptors (Lipinski definition) is 3. The molecule has 0 radical (unpaired) electrons. The molecular formula is C15H20ClN3. The quantitative estimate of drug-likeness (QED) is 0.813. The Balaban J connectivity index is 1.92. The Morgan fingerprint density at radius 2 is 2.11 bits per heavy atom. The zero-order chi connectivity index (χ0) is 13.2. The molecule has 1 unspecified atom stereocenters. The lowest BCUT2D eigenvalue weighted by atomic mass is 9.95. The summed E-state index contributed by atoms with van der Waals surface area (Å²) in [6.45, 7) is 2.78. The molecule has 3 rings (SSSR count). The number of hydrogen-bond donors (Lipinski definition) is 2. The molecule has 0 aromatic heterocycles. The molecule has 0 saturated carbocycles. The molecule has 4 heteroatoms. The summed E-state index contributed by atoms with van der Waals surface area (Å²) in [6.07, 6.45) is 12.1. The Morgan fingerprint density at radius 3 is 2.84 bits per heavy atom. The largest absolute Gasteiger partial charge is 0.360 e. The van der Waals surface area contributed by atoms with E-state index in [0.29, 0.717) is 6.54 Å². The summed E-state index contributed by atoms with van der Waals surface area (Å²) < 4.78 is 0. The fourth-order valence-electron chi connectivity index (χ4n) is 2.95. The van der Waals surface area contributed by atoms with E-state index in [1.165, 1.54) is 36.2 Å². The van der Waals surface area contributed by atoms with Crippen molar-refractivity contribution in [2.45, 2.75) is 25.3 Å². The summed E-state index contributed by atoms with van der Waals surface area (Å²) in [6, 6.07) is 0.0962. The fraction of sp³-hybridized carbons (Fsp3) is 0.467. The first-order valence-corrected chi connectivity index (χ1v) is 7.37. The number of fused-ring (bicyclic) bond motifs is 1. The van der Waals surface area contributed by atoms with Crippen molar-refractivity contribution in [1.29, 1.82) is 0 Å². The van der Waals surface area contributed by atoms with Gasteiger partial charge in [-0.1, -0.05) is 23.8 Å². The number of nitrogens with one attached hydrogen (secondary N) is 1. The molecule has 1 aliphatic carbocycles. The topological polar surface area (TPSA) is 41.3 Å². The van der Waals surface area contributed by atoms with Gasteiger partial charge in [0.05, 0.1) is 6.04 Å². The monoisotopic (exact) mass is 277 g/mol. The van der Waals surface area contributed by atoms with Crippen LogP contribution in [0, 0.1) is 0 Å². The fourth-order valence-corrected chi connectivity index (χ4v) is 3.21. The Hall–Kier alpha value is -1.19. The van der Waals surface area contributed by atoms with Crippen molar-refractivity contribution in [3.8, 4) is 0 Å². The van der Waals surface area contributed by atoms with Crippen LogP contribution in [0.15, 0.2) is 46.3 Å². The molecule has 3 aliphatic rings. The van der Waals surface area contributed by atoms with Crippen LogP contribution in [0.2, 0.25) is 0 Å². The molecule has 1 fully saturated rings. The lowest BCUT2D eigenvalue weighted by molar-refractivity contribution is 0.261. The smallest absolute Gasteiger partial charge is 0.107 e. The van der Waals surface area contributed by atoms with Crippen molar-refractivity contribution in [2.75, 3.05) is 19.6 Å². The minimum absolute atomic E-state index is 0.0962. The molecular weight excluding hydrogens is 258 g/mol. The SMILES string of the molecule is NCC1=C(N2CCCCC2)NC2C(Cl)=CC=CC2=C1. The van der Waals surface area contributed by atoms with Gasteiger partial charge in [-0.05, 0) is 37.0 Å². The van der Waals surface area contributed by atoms with Crippen molar-refractivity contribution in [2.24, 2.45) is 5.73 Å². The van der Waals surface area contributed by atoms with E-state index in [9.17, 15) is 0 Å². The first-order valence-electron chi connectivity index (χ1n) is 6.99. The van der Waals surface area contributed by atoms with E-state index in [1.54, 1.807) is 0 Å². The summed E-state index contributed by atoms with van der Waals surface area (Å²) in [5.41, 5.74) is 8.30. The second-order valence-electron chi connectivity index (χ2n) is 5.26. The molecule has 3 nitrogen and oxygen atoms in total. The molecule has 0 aromatic rings. The molecule has 0 spiro atoms. The molecule has 0 amide bonds. The summed E-state index contributed by atoms with van der Waals surface area (Å²) in [7, 11) is 0. The van der Waals surface area contributed by atoms with Crippen molar-refractivity contribution >= 4 is 11.6 Å². The van der Waals surface area contributed by atoms with E-state index in [4.69, 9.17) is 17.3 Å². The highest BCUT2D eigenvalue weighted by Crippen LogP contribution is 2.29. The Bertz CT molecular complexity index is 482. The van der Waals surface area contributed by atoms with Crippen LogP contribution < -0.4 is 11.1 Å². The van der Waals surface area contributed by atoms with Gasteiger partial charge in [0.2, 0.25) is 0 Å². The highest BCUT2D eigenvalue weighted by Gasteiger charge is 2.27. The van der Waals surface area contributed by atoms with Gasteiger partial charge >= 0.3 is 0 Å². The average molecular weight is 278 g/mol. The molecule has 0 bridgehead atoms. The third kappa shape index (κ3) is 2.45. The number of likely N-dealkylation sites (tertiary alicyclic amines) is 1. The highest BCUT2D eigenvalue weighted by molar-refractivity contribution is 6.30. The van der Waals surface area contributed by atoms with Gasteiger partial charge in [0.25, 0.3) is 0 Å². The number of piperidine rings is 1. The van der Waals surface area contributed by atoms with Crippen molar-refractivity contribution in [3.63, 3.8) is 0 Å². The van der Waals surface area contributed by atoms with Crippen molar-refractivity contribution < 1.29 is 0 Å². The van der Waals surface area contributed by atoms with Crippen molar-refractivity contribution in [3.05, 3.63) is 46.3 Å². The average Bonchev–Trinajstić information content (AvgIpc) is 2.47. The predicted molar refractivity (Wildman–Crippen MR) is 79.6 cm³/mol. The molecule has 1 atom stereocenters. The predicted octanol–water partition coefficient (Wildman–Crippen LogP) is 2.23. The molecule has 19 heavy (non-hydrogen) atoms. The maximum absolute atomic E-state index is 6.32. The number of halogens is 1. The Morgan fingerprint density at radius 1 is 1.32 bits per heavy atom. The number of rotatable bonds is 2. The molecule has 3 N–H and O–H groups in total. The number of nitrogens with zero attached hydrogens (tertiary/aromatic N) is 1. The van der Waals surface area contributed by atoms with E-state index in [-0.39, 0.29) is 6.04 Å². The Kier molecular flexibility index (Phi) is 3.67. The standard InChI is InChI=1S/C15H20ClN3/c16-13-6-4-5-11-9-12(10-17)15(18-14(11)13)19-7-2-1-3-8-19/h4-6,9,14,18H,1-3,7-8,10,17H2. The summed E-state index contributed by atoms with van der Waals surface area (Å²) >= 11 is 6.32. The number of nitrogens with two attached hydrogens (primary N) is 1. The molecule has 0 aromatic carbocycles. The van der Waals surface area contributed by atoms with Crippen LogP contribution in [0.5, 0.6) is 0 Å². The summed E-state index contributed by atoms with van der Waals surface area (Å²) in [5, 5.41) is 4.43. The zero-order valence-corrected chi connectivity index (χ0v) is 11.8. The maximum atomic E-state index is 6.32. The van der Waals surface area contributed by atoms with Crippen LogP contribution >= 0.6 is 11.6 Å². The van der Waals surface area contributed by atoms with Crippen LogP contribution in [-0.4, -0.2) is 30.6 Å².